The zero-order valence-electron chi connectivity index (χ0n) is 17.8. The minimum Gasteiger partial charge on any atom is -0.360 e. The van der Waals surface area contributed by atoms with E-state index >= 15 is 0 Å². The number of carbonyl (C=O) groups excluding carboxylic acids is 1. The van der Waals surface area contributed by atoms with Gasteiger partial charge in [-0.3, -0.25) is 30.4 Å². The second kappa shape index (κ2) is 9.20. The topological polar surface area (TPSA) is 156 Å². The van der Waals surface area contributed by atoms with E-state index in [0.29, 0.717) is 11.3 Å². The number of benzene rings is 3. The highest BCUT2D eigenvalue weighted by Crippen LogP contribution is 2.29. The van der Waals surface area contributed by atoms with Crippen molar-refractivity contribution >= 4 is 45.3 Å². The lowest BCUT2D eigenvalue weighted by Crippen LogP contribution is -2.25. The monoisotopic (exact) mass is 458 g/mol. The quantitative estimate of drug-likeness (QED) is 0.206. The van der Waals surface area contributed by atoms with Crippen molar-refractivity contribution in [3.8, 4) is 0 Å². The number of aromatic amines is 1. The van der Waals surface area contributed by atoms with Crippen LogP contribution in [-0.4, -0.2) is 26.4 Å². The van der Waals surface area contributed by atoms with Crippen LogP contribution < -0.4 is 10.7 Å². The molecule has 1 aromatic heterocycles. The third kappa shape index (κ3) is 4.58. The highest BCUT2D eigenvalue weighted by atomic mass is 16.6. The molecule has 4 aromatic rings. The summed E-state index contributed by atoms with van der Waals surface area (Å²) in [6, 6.07) is 17.6. The summed E-state index contributed by atoms with van der Waals surface area (Å²) >= 11 is 0. The Morgan fingerprint density at radius 2 is 1.76 bits per heavy atom. The molecule has 0 unspecified atom stereocenters. The number of nitro benzene ring substituents is 2. The Labute approximate surface area is 192 Å². The van der Waals surface area contributed by atoms with Crippen LogP contribution in [0.25, 0.3) is 10.9 Å². The van der Waals surface area contributed by atoms with E-state index < -0.39 is 27.1 Å². The van der Waals surface area contributed by atoms with Crippen molar-refractivity contribution in [2.24, 2.45) is 5.10 Å². The Hall–Kier alpha value is -5.06. The molecule has 0 saturated carbocycles. The molecule has 4 rings (SSSR count). The number of H-pyrrole nitrogens is 1. The molecule has 0 bridgehead atoms. The number of aromatic nitrogens is 1. The molecule has 0 saturated heterocycles. The van der Waals surface area contributed by atoms with E-state index in [-0.39, 0.29) is 11.4 Å². The first-order valence-corrected chi connectivity index (χ1v) is 10.0. The third-order valence-electron chi connectivity index (χ3n) is 5.01. The van der Waals surface area contributed by atoms with Crippen molar-refractivity contribution < 1.29 is 14.6 Å². The summed E-state index contributed by atoms with van der Waals surface area (Å²) in [6.07, 6.45) is 1.62. The number of aryl methyl sites for hydroxylation is 1. The average molecular weight is 458 g/mol. The Bertz CT molecular complexity index is 1460. The summed E-state index contributed by atoms with van der Waals surface area (Å²) in [7, 11) is 0. The number of anilines is 2. The van der Waals surface area contributed by atoms with Crippen molar-refractivity contribution in [2.75, 3.05) is 10.7 Å². The van der Waals surface area contributed by atoms with Gasteiger partial charge in [-0.2, -0.15) is 5.10 Å². The van der Waals surface area contributed by atoms with Gasteiger partial charge in [-0.05, 0) is 36.8 Å². The lowest BCUT2D eigenvalue weighted by molar-refractivity contribution is -0.393. The van der Waals surface area contributed by atoms with Crippen molar-refractivity contribution in [1.29, 1.82) is 0 Å². The molecule has 0 spiro atoms. The number of amides is 1. The van der Waals surface area contributed by atoms with Gasteiger partial charge in [0.15, 0.2) is 5.71 Å². The molecule has 1 heterocycles. The van der Waals surface area contributed by atoms with Crippen molar-refractivity contribution in [3.05, 3.63) is 104 Å². The molecule has 3 N–H and O–H groups in total. The molecule has 34 heavy (non-hydrogen) atoms. The van der Waals surface area contributed by atoms with E-state index in [1.807, 2.05) is 37.3 Å². The maximum absolute atomic E-state index is 13.2. The van der Waals surface area contributed by atoms with Gasteiger partial charge in [-0.25, -0.2) is 0 Å². The first-order chi connectivity index (χ1) is 16.3. The molecule has 1 amide bonds. The van der Waals surface area contributed by atoms with Gasteiger partial charge in [-0.1, -0.05) is 30.3 Å². The van der Waals surface area contributed by atoms with E-state index in [2.05, 4.69) is 20.8 Å². The molecule has 3 aromatic carbocycles. The lowest BCUT2D eigenvalue weighted by Gasteiger charge is -2.10. The number of nitrogens with one attached hydrogen (secondary N) is 3. The number of carbonyl (C=O) groups is 1. The molecule has 11 nitrogen and oxygen atoms in total. The van der Waals surface area contributed by atoms with Crippen LogP contribution in [0.2, 0.25) is 0 Å². The van der Waals surface area contributed by atoms with Crippen LogP contribution in [0.1, 0.15) is 11.1 Å². The van der Waals surface area contributed by atoms with Gasteiger partial charge < -0.3 is 10.3 Å². The van der Waals surface area contributed by atoms with Gasteiger partial charge in [0.2, 0.25) is 0 Å². The normalized spacial score (nSPS) is 11.3. The van der Waals surface area contributed by atoms with E-state index in [4.69, 9.17) is 0 Å². The smallest absolute Gasteiger partial charge is 0.301 e. The fourth-order valence-electron chi connectivity index (χ4n) is 3.41. The number of para-hydroxylation sites is 1. The predicted molar refractivity (Wildman–Crippen MR) is 128 cm³/mol. The van der Waals surface area contributed by atoms with Gasteiger partial charge >= 0.3 is 5.69 Å². The number of hydrazone groups is 1. The van der Waals surface area contributed by atoms with Crippen LogP contribution in [-0.2, 0) is 4.79 Å². The van der Waals surface area contributed by atoms with E-state index in [0.717, 1.165) is 28.6 Å². The number of nitro groups is 2. The van der Waals surface area contributed by atoms with Crippen LogP contribution in [0, 0.1) is 27.2 Å². The van der Waals surface area contributed by atoms with Crippen LogP contribution in [0.3, 0.4) is 0 Å². The molecule has 0 atom stereocenters. The minimum atomic E-state index is -0.761. The maximum Gasteiger partial charge on any atom is 0.301 e. The standard InChI is InChI=1S/C23H18N6O5/c1-14-5-4-6-15(11-14)25-23(30)22(18-13-24-19-8-3-2-7-17(18)19)27-26-20-10-9-16(28(31)32)12-21(20)29(33)34/h2-13,24,26H,1H3,(H,25,30). The highest BCUT2D eigenvalue weighted by Gasteiger charge is 2.22. The van der Waals surface area contributed by atoms with Gasteiger partial charge in [0.05, 0.1) is 15.9 Å². The minimum absolute atomic E-state index is 0.0355. The maximum atomic E-state index is 13.2. The number of fused-ring (bicyclic) bond motifs is 1. The number of hydrogen-bond donors (Lipinski definition) is 3. The predicted octanol–water partition coefficient (Wildman–Crippen LogP) is 4.75. The summed E-state index contributed by atoms with van der Waals surface area (Å²) < 4.78 is 0. The first kappa shape index (κ1) is 22.1. The van der Waals surface area contributed by atoms with Crippen molar-refractivity contribution in [2.45, 2.75) is 6.92 Å². The highest BCUT2D eigenvalue weighted by molar-refractivity contribution is 6.50. The molecular weight excluding hydrogens is 440 g/mol. The van der Waals surface area contributed by atoms with Crippen LogP contribution in [0.5, 0.6) is 0 Å². The summed E-state index contributed by atoms with van der Waals surface area (Å²) in [6.45, 7) is 1.89. The Morgan fingerprint density at radius 3 is 2.50 bits per heavy atom. The second-order valence-corrected chi connectivity index (χ2v) is 7.36. The van der Waals surface area contributed by atoms with Crippen LogP contribution in [0.4, 0.5) is 22.7 Å². The molecule has 170 valence electrons. The van der Waals surface area contributed by atoms with Crippen molar-refractivity contribution in [1.82, 2.24) is 4.98 Å². The number of non-ortho nitro benzene ring substituents is 1. The summed E-state index contributed by atoms with van der Waals surface area (Å²) in [5.41, 5.74) is 4.17. The van der Waals surface area contributed by atoms with Gasteiger partial charge in [0, 0.05) is 34.4 Å². The average Bonchev–Trinajstić information content (AvgIpc) is 3.23. The molecule has 0 aliphatic carbocycles. The summed E-state index contributed by atoms with van der Waals surface area (Å²) in [5.74, 6) is -0.549. The van der Waals surface area contributed by atoms with Gasteiger partial charge in [-0.15, -0.1) is 0 Å². The fraction of sp³-hybridized carbons (Fsp3) is 0.0435. The number of nitrogens with zero attached hydrogens (tertiary/aromatic N) is 3. The fourth-order valence-corrected chi connectivity index (χ4v) is 3.41. The van der Waals surface area contributed by atoms with Crippen LogP contribution >= 0.6 is 0 Å². The SMILES string of the molecule is Cc1cccc(NC(=O)C(=NNc2ccc([N+](=O)[O-])cc2[N+](=O)[O-])c2c[nH]c3ccccc23)c1. The molecule has 0 aliphatic heterocycles. The lowest BCUT2D eigenvalue weighted by atomic mass is 10.1. The molecular formula is C23H18N6O5. The summed E-state index contributed by atoms with van der Waals surface area (Å²) in [4.78, 5) is 37.3. The Kier molecular flexibility index (Phi) is 5.99. The van der Waals surface area contributed by atoms with E-state index in [1.165, 1.54) is 6.07 Å². The largest absolute Gasteiger partial charge is 0.360 e. The third-order valence-corrected chi connectivity index (χ3v) is 5.01. The molecule has 0 fully saturated rings. The van der Waals surface area contributed by atoms with Gasteiger partial charge in [0.25, 0.3) is 11.6 Å². The van der Waals surface area contributed by atoms with Crippen LogP contribution in [0.15, 0.2) is 78.0 Å². The zero-order chi connectivity index (χ0) is 24.2. The van der Waals surface area contributed by atoms with Gasteiger partial charge in [0.1, 0.15) is 5.69 Å². The van der Waals surface area contributed by atoms with E-state index in [9.17, 15) is 25.0 Å². The molecule has 11 heteroatoms. The Balaban J connectivity index is 1.76. The second-order valence-electron chi connectivity index (χ2n) is 7.36. The molecule has 0 aliphatic rings. The van der Waals surface area contributed by atoms with E-state index in [1.54, 1.807) is 24.4 Å². The Morgan fingerprint density at radius 1 is 0.971 bits per heavy atom. The zero-order valence-corrected chi connectivity index (χ0v) is 17.8. The van der Waals surface area contributed by atoms with Crippen molar-refractivity contribution in [3.63, 3.8) is 0 Å². The summed E-state index contributed by atoms with van der Waals surface area (Å²) in [5, 5.41) is 30.2. The number of rotatable bonds is 7. The molecule has 0 radical (unpaired) electrons. The first-order valence-electron chi connectivity index (χ1n) is 10.0. The number of hydrogen-bond acceptors (Lipinski definition) is 7.